The van der Waals surface area contributed by atoms with Crippen molar-refractivity contribution in [2.75, 3.05) is 19.8 Å². The van der Waals surface area contributed by atoms with Crippen molar-refractivity contribution in [1.29, 1.82) is 0 Å². The van der Waals surface area contributed by atoms with Crippen LogP contribution in [0.2, 0.25) is 0 Å². The smallest absolute Gasteiger partial charge is 0.111 e. The van der Waals surface area contributed by atoms with Crippen LogP contribution in [0.3, 0.4) is 0 Å². The number of aliphatic hydroxyl groups is 3. The number of hydrogen-bond donors (Lipinski definition) is 3. The van der Waals surface area contributed by atoms with Gasteiger partial charge in [-0.2, -0.15) is 0 Å². The molecule has 1 aliphatic rings. The normalized spacial score (nSPS) is 24.7. The zero-order valence-electron chi connectivity index (χ0n) is 19.4. The fourth-order valence-electron chi connectivity index (χ4n) is 3.92. The van der Waals surface area contributed by atoms with Crippen molar-refractivity contribution in [2.45, 2.75) is 128 Å². The van der Waals surface area contributed by atoms with Gasteiger partial charge in [0, 0.05) is 6.61 Å². The quantitative estimate of drug-likeness (QED) is 0.201. The zero-order valence-corrected chi connectivity index (χ0v) is 19.4. The van der Waals surface area contributed by atoms with Gasteiger partial charge in [0.15, 0.2) is 0 Å². The number of unbranched alkanes of at least 4 members (excludes halogenated alkanes) is 13. The van der Waals surface area contributed by atoms with E-state index >= 15 is 0 Å². The fourth-order valence-corrected chi connectivity index (χ4v) is 3.92. The molecule has 1 rings (SSSR count). The van der Waals surface area contributed by atoms with E-state index in [0.29, 0.717) is 6.61 Å². The fraction of sp³-hybridized carbons (Fsp3) is 0.920. The van der Waals surface area contributed by atoms with E-state index in [2.05, 4.69) is 19.1 Å². The first-order valence-corrected chi connectivity index (χ1v) is 12.6. The highest BCUT2D eigenvalue weighted by Crippen LogP contribution is 2.18. The second-order valence-corrected chi connectivity index (χ2v) is 8.74. The average molecular weight is 429 g/mol. The second-order valence-electron chi connectivity index (χ2n) is 8.74. The van der Waals surface area contributed by atoms with Crippen LogP contribution in [0.4, 0.5) is 0 Å². The molecule has 3 N–H and O–H groups in total. The Labute approximate surface area is 184 Å². The van der Waals surface area contributed by atoms with E-state index in [1.807, 2.05) is 0 Å². The molecular weight excluding hydrogens is 380 g/mol. The van der Waals surface area contributed by atoms with Gasteiger partial charge in [-0.25, -0.2) is 0 Å². The molecule has 0 unspecified atom stereocenters. The third-order valence-electron chi connectivity index (χ3n) is 6.00. The number of ether oxygens (including phenoxy) is 2. The molecular formula is C25H48O5. The standard InChI is InChI=1S/C25H48O5/c1-2-3-4-5-6-7-8-9-10-11-12-13-14-15-16-17-18-19-29-23-21-30-22(20-26)24(27)25(23)28/h7-8,22-28H,2-6,9-21H2,1H3/b8-7+/t22-,23+,24-,25-/m0/s1. The topological polar surface area (TPSA) is 79.2 Å². The summed E-state index contributed by atoms with van der Waals surface area (Å²) in [5.41, 5.74) is 0. The van der Waals surface area contributed by atoms with Crippen LogP contribution in [0.5, 0.6) is 0 Å². The largest absolute Gasteiger partial charge is 0.394 e. The van der Waals surface area contributed by atoms with E-state index < -0.39 is 24.4 Å². The Hall–Kier alpha value is -0.460. The predicted octanol–water partition coefficient (Wildman–Crippen LogP) is 4.91. The Bertz CT molecular complexity index is 401. The highest BCUT2D eigenvalue weighted by Gasteiger charge is 2.38. The minimum Gasteiger partial charge on any atom is -0.394 e. The molecule has 1 saturated heterocycles. The van der Waals surface area contributed by atoms with E-state index in [-0.39, 0.29) is 13.2 Å². The molecule has 0 radical (unpaired) electrons. The number of aliphatic hydroxyl groups excluding tert-OH is 3. The van der Waals surface area contributed by atoms with E-state index in [1.54, 1.807) is 0 Å². The Morgan fingerprint density at radius 1 is 0.767 bits per heavy atom. The molecule has 0 aromatic heterocycles. The SMILES string of the molecule is CCCCCC/C=C/CCCCCCCCCCCO[C@@H]1CO[C@@H](CO)[C@H](O)[C@H]1O. The van der Waals surface area contributed by atoms with Gasteiger partial charge >= 0.3 is 0 Å². The van der Waals surface area contributed by atoms with Gasteiger partial charge < -0.3 is 24.8 Å². The molecule has 1 aliphatic heterocycles. The minimum absolute atomic E-state index is 0.220. The van der Waals surface area contributed by atoms with Crippen molar-refractivity contribution in [3.05, 3.63) is 12.2 Å². The molecule has 0 amide bonds. The molecule has 0 saturated carbocycles. The van der Waals surface area contributed by atoms with Crippen LogP contribution in [0.15, 0.2) is 12.2 Å². The average Bonchev–Trinajstić information content (AvgIpc) is 2.75. The van der Waals surface area contributed by atoms with Crippen molar-refractivity contribution in [3.8, 4) is 0 Å². The van der Waals surface area contributed by atoms with Gasteiger partial charge in [0.1, 0.15) is 24.4 Å². The minimum atomic E-state index is -1.08. The summed E-state index contributed by atoms with van der Waals surface area (Å²) in [6, 6.07) is 0. The van der Waals surface area contributed by atoms with Crippen molar-refractivity contribution in [2.24, 2.45) is 0 Å². The Morgan fingerprint density at radius 3 is 1.87 bits per heavy atom. The maximum atomic E-state index is 10.0. The lowest BCUT2D eigenvalue weighted by Crippen LogP contribution is -2.55. The monoisotopic (exact) mass is 428 g/mol. The summed E-state index contributed by atoms with van der Waals surface area (Å²) >= 11 is 0. The van der Waals surface area contributed by atoms with Crippen molar-refractivity contribution < 1.29 is 24.8 Å². The lowest BCUT2D eigenvalue weighted by molar-refractivity contribution is -0.208. The van der Waals surface area contributed by atoms with Crippen LogP contribution in [0.25, 0.3) is 0 Å². The molecule has 30 heavy (non-hydrogen) atoms. The molecule has 0 bridgehead atoms. The third kappa shape index (κ3) is 13.1. The van der Waals surface area contributed by atoms with E-state index in [0.717, 1.165) is 12.8 Å². The molecule has 0 aromatic carbocycles. The highest BCUT2D eigenvalue weighted by molar-refractivity contribution is 4.87. The van der Waals surface area contributed by atoms with Crippen LogP contribution in [-0.4, -0.2) is 59.6 Å². The first kappa shape index (κ1) is 27.6. The van der Waals surface area contributed by atoms with E-state index in [9.17, 15) is 10.2 Å². The number of hydrogen-bond acceptors (Lipinski definition) is 5. The zero-order chi connectivity index (χ0) is 21.9. The molecule has 178 valence electrons. The van der Waals surface area contributed by atoms with Gasteiger partial charge in [-0.05, 0) is 32.1 Å². The molecule has 5 heteroatoms. The first-order valence-electron chi connectivity index (χ1n) is 12.6. The third-order valence-corrected chi connectivity index (χ3v) is 6.00. The molecule has 0 spiro atoms. The summed E-state index contributed by atoms with van der Waals surface area (Å²) in [5.74, 6) is 0. The molecule has 4 atom stereocenters. The van der Waals surface area contributed by atoms with Gasteiger partial charge in [-0.3, -0.25) is 0 Å². The lowest BCUT2D eigenvalue weighted by Gasteiger charge is -2.36. The van der Waals surface area contributed by atoms with Gasteiger partial charge in [-0.1, -0.05) is 83.3 Å². The predicted molar refractivity (Wildman–Crippen MR) is 123 cm³/mol. The summed E-state index contributed by atoms with van der Waals surface area (Å²) in [7, 11) is 0. The van der Waals surface area contributed by atoms with E-state index in [1.165, 1.54) is 83.5 Å². The van der Waals surface area contributed by atoms with Gasteiger partial charge in [-0.15, -0.1) is 0 Å². The van der Waals surface area contributed by atoms with E-state index in [4.69, 9.17) is 14.6 Å². The highest BCUT2D eigenvalue weighted by atomic mass is 16.6. The van der Waals surface area contributed by atoms with Crippen molar-refractivity contribution in [3.63, 3.8) is 0 Å². The summed E-state index contributed by atoms with van der Waals surface area (Å²) < 4.78 is 11.0. The van der Waals surface area contributed by atoms with Crippen molar-refractivity contribution >= 4 is 0 Å². The molecule has 1 heterocycles. The molecule has 0 aromatic rings. The number of allylic oxidation sites excluding steroid dienone is 2. The van der Waals surface area contributed by atoms with Crippen LogP contribution in [0.1, 0.15) is 103 Å². The summed E-state index contributed by atoms with van der Waals surface area (Å²) in [4.78, 5) is 0. The molecule has 5 nitrogen and oxygen atoms in total. The van der Waals surface area contributed by atoms with Gasteiger partial charge in [0.25, 0.3) is 0 Å². The van der Waals surface area contributed by atoms with Crippen LogP contribution >= 0.6 is 0 Å². The Morgan fingerprint density at radius 2 is 1.30 bits per heavy atom. The summed E-state index contributed by atoms with van der Waals surface area (Å²) in [6.45, 7) is 2.77. The molecule has 0 aliphatic carbocycles. The van der Waals surface area contributed by atoms with Gasteiger partial charge in [0.2, 0.25) is 0 Å². The first-order chi connectivity index (χ1) is 14.7. The summed E-state index contributed by atoms with van der Waals surface area (Å²) in [5, 5.41) is 28.9. The maximum Gasteiger partial charge on any atom is 0.111 e. The summed E-state index contributed by atoms with van der Waals surface area (Å²) in [6.07, 6.45) is 20.7. The molecule has 1 fully saturated rings. The number of rotatable bonds is 19. The Balaban J connectivity index is 1.81. The van der Waals surface area contributed by atoms with Crippen molar-refractivity contribution in [1.82, 2.24) is 0 Å². The van der Waals surface area contributed by atoms with Gasteiger partial charge in [0.05, 0.1) is 13.2 Å². The van der Waals surface area contributed by atoms with Crippen LogP contribution in [-0.2, 0) is 9.47 Å². The second kappa shape index (κ2) is 19.2. The Kier molecular flexibility index (Phi) is 17.7. The maximum absolute atomic E-state index is 10.0. The lowest BCUT2D eigenvalue weighted by atomic mass is 10.0. The van der Waals surface area contributed by atoms with Crippen LogP contribution < -0.4 is 0 Å². The van der Waals surface area contributed by atoms with Crippen LogP contribution in [0, 0.1) is 0 Å².